The Morgan fingerprint density at radius 3 is 2.87 bits per heavy atom. The van der Waals surface area contributed by atoms with Crippen LogP contribution in [0.5, 0.6) is 0 Å². The lowest BCUT2D eigenvalue weighted by atomic mass is 10.2. The molecule has 0 aromatic heterocycles. The number of rotatable bonds is 2. The molecular formula is C11H15FN2O. The Labute approximate surface area is 88.3 Å². The van der Waals surface area contributed by atoms with Crippen LogP contribution in [0.3, 0.4) is 0 Å². The van der Waals surface area contributed by atoms with Gasteiger partial charge in [-0.1, -0.05) is 0 Å². The Balaban J connectivity index is 2.24. The average Bonchev–Trinajstić information content (AvgIpc) is 2.64. The van der Waals surface area contributed by atoms with Gasteiger partial charge in [-0.05, 0) is 30.2 Å². The van der Waals surface area contributed by atoms with Crippen molar-refractivity contribution in [1.82, 2.24) is 0 Å². The van der Waals surface area contributed by atoms with Crippen LogP contribution in [0.15, 0.2) is 18.2 Å². The first kappa shape index (κ1) is 10.4. The van der Waals surface area contributed by atoms with Gasteiger partial charge >= 0.3 is 0 Å². The number of benzene rings is 1. The molecular weight excluding hydrogens is 195 g/mol. The van der Waals surface area contributed by atoms with Gasteiger partial charge in [0.1, 0.15) is 5.82 Å². The fraction of sp³-hybridized carbons (Fsp3) is 0.455. The number of nitrogens with zero attached hydrogens (tertiary/aromatic N) is 1. The third-order valence-electron chi connectivity index (χ3n) is 2.71. The maximum absolute atomic E-state index is 13.2. The molecule has 1 fully saturated rings. The van der Waals surface area contributed by atoms with E-state index in [1.807, 2.05) is 11.0 Å². The van der Waals surface area contributed by atoms with E-state index in [9.17, 15) is 9.50 Å². The van der Waals surface area contributed by atoms with Crippen LogP contribution in [-0.4, -0.2) is 24.3 Å². The monoisotopic (exact) mass is 210 g/mol. The zero-order valence-corrected chi connectivity index (χ0v) is 8.49. The number of anilines is 1. The third kappa shape index (κ3) is 2.27. The van der Waals surface area contributed by atoms with E-state index in [-0.39, 0.29) is 11.9 Å². The van der Waals surface area contributed by atoms with Crippen LogP contribution in [-0.2, 0) is 6.54 Å². The summed E-state index contributed by atoms with van der Waals surface area (Å²) in [6.07, 6.45) is 0.448. The first-order chi connectivity index (χ1) is 7.19. The second-order valence-corrected chi connectivity index (χ2v) is 3.91. The normalized spacial score (nSPS) is 21.0. The molecule has 1 saturated heterocycles. The third-order valence-corrected chi connectivity index (χ3v) is 2.71. The molecule has 1 atom stereocenters. The highest BCUT2D eigenvalue weighted by molar-refractivity contribution is 5.50. The zero-order valence-electron chi connectivity index (χ0n) is 8.49. The minimum atomic E-state index is -0.297. The quantitative estimate of drug-likeness (QED) is 0.761. The van der Waals surface area contributed by atoms with Crippen LogP contribution in [0.4, 0.5) is 10.1 Å². The van der Waals surface area contributed by atoms with E-state index in [2.05, 4.69) is 0 Å². The van der Waals surface area contributed by atoms with E-state index in [1.165, 1.54) is 12.1 Å². The van der Waals surface area contributed by atoms with Crippen LogP contribution in [0.2, 0.25) is 0 Å². The number of aliphatic hydroxyl groups excluding tert-OH is 1. The topological polar surface area (TPSA) is 49.5 Å². The van der Waals surface area contributed by atoms with Crippen molar-refractivity contribution >= 4 is 5.69 Å². The number of hydrogen-bond acceptors (Lipinski definition) is 3. The molecule has 0 aliphatic carbocycles. The summed E-state index contributed by atoms with van der Waals surface area (Å²) in [6, 6.07) is 4.80. The second-order valence-electron chi connectivity index (χ2n) is 3.91. The van der Waals surface area contributed by atoms with Crippen molar-refractivity contribution in [3.63, 3.8) is 0 Å². The maximum atomic E-state index is 13.2. The number of β-amino-alcohol motifs (C(OH)–C–C–N with tert-alkyl or cyclic N) is 1. The van der Waals surface area contributed by atoms with Gasteiger partial charge in [0.15, 0.2) is 0 Å². The first-order valence-electron chi connectivity index (χ1n) is 5.11. The molecule has 0 amide bonds. The van der Waals surface area contributed by atoms with Crippen LogP contribution < -0.4 is 10.6 Å². The summed E-state index contributed by atoms with van der Waals surface area (Å²) in [5.74, 6) is -0.269. The van der Waals surface area contributed by atoms with Gasteiger partial charge in [-0.25, -0.2) is 4.39 Å². The summed E-state index contributed by atoms with van der Waals surface area (Å²) in [5, 5.41) is 9.40. The molecule has 3 N–H and O–H groups in total. The van der Waals surface area contributed by atoms with Crippen molar-refractivity contribution in [3.8, 4) is 0 Å². The molecule has 0 saturated carbocycles. The lowest BCUT2D eigenvalue weighted by molar-refractivity contribution is 0.198. The summed E-state index contributed by atoms with van der Waals surface area (Å²) in [4.78, 5) is 1.98. The highest BCUT2D eigenvalue weighted by atomic mass is 19.1. The summed E-state index contributed by atoms with van der Waals surface area (Å²) >= 11 is 0. The number of aliphatic hydroxyl groups is 1. The van der Waals surface area contributed by atoms with E-state index < -0.39 is 0 Å². The lowest BCUT2D eigenvalue weighted by Crippen LogP contribution is -2.21. The van der Waals surface area contributed by atoms with Gasteiger partial charge in [-0.2, -0.15) is 0 Å². The fourth-order valence-corrected chi connectivity index (χ4v) is 1.91. The van der Waals surface area contributed by atoms with Gasteiger partial charge in [0.05, 0.1) is 6.10 Å². The van der Waals surface area contributed by atoms with E-state index >= 15 is 0 Å². The Bertz CT molecular complexity index is 356. The zero-order chi connectivity index (χ0) is 10.8. The number of nitrogens with two attached hydrogens (primary N) is 1. The number of halogens is 1. The van der Waals surface area contributed by atoms with Gasteiger partial charge in [0.25, 0.3) is 0 Å². The van der Waals surface area contributed by atoms with Crippen LogP contribution in [0.25, 0.3) is 0 Å². The van der Waals surface area contributed by atoms with Crippen molar-refractivity contribution < 1.29 is 9.50 Å². The standard InChI is InChI=1S/C11H15FN2O/c12-9-3-8(6-13)4-10(5-9)14-2-1-11(15)7-14/h3-5,11,15H,1-2,6-7,13H2. The lowest BCUT2D eigenvalue weighted by Gasteiger charge is -2.18. The molecule has 15 heavy (non-hydrogen) atoms. The van der Waals surface area contributed by atoms with Crippen LogP contribution >= 0.6 is 0 Å². The van der Waals surface area contributed by atoms with Crippen molar-refractivity contribution in [3.05, 3.63) is 29.6 Å². The van der Waals surface area contributed by atoms with Crippen molar-refractivity contribution in [1.29, 1.82) is 0 Å². The van der Waals surface area contributed by atoms with Crippen LogP contribution in [0.1, 0.15) is 12.0 Å². The van der Waals surface area contributed by atoms with Gasteiger partial charge in [0, 0.05) is 25.3 Å². The first-order valence-corrected chi connectivity index (χ1v) is 5.11. The van der Waals surface area contributed by atoms with Gasteiger partial charge < -0.3 is 15.7 Å². The summed E-state index contributed by atoms with van der Waals surface area (Å²) < 4.78 is 13.2. The van der Waals surface area contributed by atoms with Crippen LogP contribution in [0, 0.1) is 5.82 Å². The summed E-state index contributed by atoms with van der Waals surface area (Å²) in [6.45, 7) is 1.68. The number of hydrogen-bond donors (Lipinski definition) is 2. The fourth-order valence-electron chi connectivity index (χ4n) is 1.91. The predicted octanol–water partition coefficient (Wildman–Crippen LogP) is 0.855. The van der Waals surface area contributed by atoms with E-state index in [0.717, 1.165) is 24.2 Å². The summed E-state index contributed by atoms with van der Waals surface area (Å²) in [5.41, 5.74) is 7.07. The van der Waals surface area contributed by atoms with Gasteiger partial charge in [-0.3, -0.25) is 0 Å². The maximum Gasteiger partial charge on any atom is 0.125 e. The molecule has 1 aliphatic rings. The molecule has 2 rings (SSSR count). The predicted molar refractivity (Wildman–Crippen MR) is 57.1 cm³/mol. The highest BCUT2D eigenvalue weighted by Gasteiger charge is 2.20. The van der Waals surface area contributed by atoms with Crippen molar-refractivity contribution in [2.24, 2.45) is 5.73 Å². The smallest absolute Gasteiger partial charge is 0.125 e. The Kier molecular flexibility index (Phi) is 2.88. The van der Waals surface area contributed by atoms with E-state index in [0.29, 0.717) is 13.1 Å². The SMILES string of the molecule is NCc1cc(F)cc(N2CCC(O)C2)c1. The largest absolute Gasteiger partial charge is 0.391 e. The highest BCUT2D eigenvalue weighted by Crippen LogP contribution is 2.22. The molecule has 1 heterocycles. The Morgan fingerprint density at radius 1 is 1.47 bits per heavy atom. The molecule has 1 aromatic rings. The molecule has 1 unspecified atom stereocenters. The molecule has 4 heteroatoms. The van der Waals surface area contributed by atoms with E-state index in [4.69, 9.17) is 5.73 Å². The average molecular weight is 210 g/mol. The molecule has 1 aliphatic heterocycles. The van der Waals surface area contributed by atoms with E-state index in [1.54, 1.807) is 0 Å². The van der Waals surface area contributed by atoms with Crippen molar-refractivity contribution in [2.75, 3.05) is 18.0 Å². The molecule has 0 bridgehead atoms. The minimum absolute atomic E-state index is 0.269. The minimum Gasteiger partial charge on any atom is -0.391 e. The molecule has 0 spiro atoms. The molecule has 0 radical (unpaired) electrons. The second kappa shape index (κ2) is 4.16. The molecule has 82 valence electrons. The Morgan fingerprint density at radius 2 is 2.27 bits per heavy atom. The van der Waals surface area contributed by atoms with Gasteiger partial charge in [-0.15, -0.1) is 0 Å². The molecule has 1 aromatic carbocycles. The van der Waals surface area contributed by atoms with Gasteiger partial charge in [0.2, 0.25) is 0 Å². The van der Waals surface area contributed by atoms with Crippen molar-refractivity contribution in [2.45, 2.75) is 19.1 Å². The Hall–Kier alpha value is -1.13. The summed E-state index contributed by atoms with van der Waals surface area (Å²) in [7, 11) is 0. The molecule has 3 nitrogen and oxygen atoms in total.